The number of para-hydroxylation sites is 1. The van der Waals surface area contributed by atoms with E-state index in [9.17, 15) is 4.79 Å². The fraction of sp³-hybridized carbons (Fsp3) is 0.0588. The molecule has 0 N–H and O–H groups in total. The average Bonchev–Trinajstić information content (AvgIpc) is 2.51. The van der Waals surface area contributed by atoms with Gasteiger partial charge in [0.25, 0.3) is 5.56 Å². The summed E-state index contributed by atoms with van der Waals surface area (Å²) < 4.78 is 1.54. The van der Waals surface area contributed by atoms with Crippen molar-refractivity contribution in [3.05, 3.63) is 75.3 Å². The van der Waals surface area contributed by atoms with Crippen LogP contribution in [-0.4, -0.2) is 9.55 Å². The van der Waals surface area contributed by atoms with Crippen LogP contribution in [0.15, 0.2) is 53.3 Å². The highest BCUT2D eigenvalue weighted by molar-refractivity contribution is 6.32. The molecule has 0 aliphatic heterocycles. The minimum Gasteiger partial charge on any atom is -0.296 e. The summed E-state index contributed by atoms with van der Waals surface area (Å²) in [5, 5.41) is 1.29. The van der Waals surface area contributed by atoms with Crippen molar-refractivity contribution < 1.29 is 0 Å². The van der Waals surface area contributed by atoms with Crippen LogP contribution in [0.3, 0.4) is 0 Å². The Balaban J connectivity index is 2.11. The number of nitrogens with zero attached hydrogens (tertiary/aromatic N) is 2. The van der Waals surface area contributed by atoms with Crippen LogP contribution in [0.25, 0.3) is 23.1 Å². The molecule has 104 valence electrons. The lowest BCUT2D eigenvalue weighted by atomic mass is 10.2. The van der Waals surface area contributed by atoms with E-state index in [1.165, 1.54) is 4.57 Å². The molecular weight excluding hydrogens is 284 g/mol. The highest BCUT2D eigenvalue weighted by Gasteiger charge is 2.05. The average molecular weight is 297 g/mol. The van der Waals surface area contributed by atoms with Crippen molar-refractivity contribution >= 4 is 34.7 Å². The number of benzene rings is 2. The number of fused-ring (bicyclic) bond motifs is 1. The molecule has 3 aromatic rings. The van der Waals surface area contributed by atoms with E-state index in [0.717, 1.165) is 5.56 Å². The maximum Gasteiger partial charge on any atom is 0.261 e. The molecule has 0 amide bonds. The number of hydrogen-bond acceptors (Lipinski definition) is 2. The second kappa shape index (κ2) is 5.54. The molecule has 0 unspecified atom stereocenters. The summed E-state index contributed by atoms with van der Waals surface area (Å²) in [6.45, 7) is 0. The zero-order valence-corrected chi connectivity index (χ0v) is 12.2. The van der Waals surface area contributed by atoms with Crippen molar-refractivity contribution in [3.8, 4) is 0 Å². The first-order valence-electron chi connectivity index (χ1n) is 6.55. The predicted octanol–water partition coefficient (Wildman–Crippen LogP) is 3.76. The van der Waals surface area contributed by atoms with Gasteiger partial charge < -0.3 is 0 Å². The summed E-state index contributed by atoms with van der Waals surface area (Å²) in [6, 6.07) is 14.9. The summed E-state index contributed by atoms with van der Waals surface area (Å²) in [4.78, 5) is 16.8. The maximum atomic E-state index is 12.3. The molecule has 0 aliphatic carbocycles. The van der Waals surface area contributed by atoms with Crippen LogP contribution in [0.4, 0.5) is 0 Å². The van der Waals surface area contributed by atoms with Gasteiger partial charge in [-0.25, -0.2) is 4.98 Å². The second-order valence-electron chi connectivity index (χ2n) is 4.71. The van der Waals surface area contributed by atoms with E-state index in [2.05, 4.69) is 4.98 Å². The Kier molecular flexibility index (Phi) is 3.59. The standard InChI is InChI=1S/C17H13ClN2O/c1-20-16(11-10-12-6-2-4-8-14(12)18)19-15-9-5-3-7-13(15)17(20)21/h2-11H,1H3/b11-10+. The fourth-order valence-corrected chi connectivity index (χ4v) is 2.36. The van der Waals surface area contributed by atoms with Gasteiger partial charge in [0.05, 0.1) is 10.9 Å². The summed E-state index contributed by atoms with van der Waals surface area (Å²) >= 11 is 6.12. The van der Waals surface area contributed by atoms with Gasteiger partial charge in [-0.1, -0.05) is 41.9 Å². The van der Waals surface area contributed by atoms with E-state index in [1.807, 2.05) is 48.5 Å². The number of hydrogen-bond donors (Lipinski definition) is 0. The van der Waals surface area contributed by atoms with E-state index < -0.39 is 0 Å². The van der Waals surface area contributed by atoms with Crippen LogP contribution >= 0.6 is 11.6 Å². The van der Waals surface area contributed by atoms with Gasteiger partial charge in [0.1, 0.15) is 5.82 Å². The van der Waals surface area contributed by atoms with Crippen LogP contribution in [-0.2, 0) is 7.05 Å². The molecule has 0 aliphatic rings. The van der Waals surface area contributed by atoms with Crippen LogP contribution in [0.5, 0.6) is 0 Å². The highest BCUT2D eigenvalue weighted by Crippen LogP contribution is 2.17. The first-order valence-corrected chi connectivity index (χ1v) is 6.93. The van der Waals surface area contributed by atoms with Gasteiger partial charge in [-0.2, -0.15) is 0 Å². The van der Waals surface area contributed by atoms with Gasteiger partial charge in [-0.3, -0.25) is 9.36 Å². The Morgan fingerprint density at radius 1 is 1.05 bits per heavy atom. The van der Waals surface area contributed by atoms with Gasteiger partial charge >= 0.3 is 0 Å². The molecule has 1 aromatic heterocycles. The third-order valence-corrected chi connectivity index (χ3v) is 3.68. The molecule has 0 saturated carbocycles. The van der Waals surface area contributed by atoms with Gasteiger partial charge in [-0.15, -0.1) is 0 Å². The van der Waals surface area contributed by atoms with Crippen molar-refractivity contribution in [3.63, 3.8) is 0 Å². The summed E-state index contributed by atoms with van der Waals surface area (Å²) in [5.74, 6) is 0.596. The van der Waals surface area contributed by atoms with E-state index in [1.54, 1.807) is 19.2 Å². The molecule has 2 aromatic carbocycles. The monoisotopic (exact) mass is 296 g/mol. The minimum atomic E-state index is -0.0561. The van der Waals surface area contributed by atoms with E-state index in [0.29, 0.717) is 21.7 Å². The minimum absolute atomic E-state index is 0.0561. The molecule has 3 nitrogen and oxygen atoms in total. The summed E-state index contributed by atoms with van der Waals surface area (Å²) in [6.07, 6.45) is 3.66. The molecule has 0 bridgehead atoms. The van der Waals surface area contributed by atoms with Crippen molar-refractivity contribution in [1.82, 2.24) is 9.55 Å². The number of aromatic nitrogens is 2. The van der Waals surface area contributed by atoms with Gasteiger partial charge in [0.15, 0.2) is 0 Å². The molecular formula is C17H13ClN2O. The van der Waals surface area contributed by atoms with Gasteiger partial charge in [0.2, 0.25) is 0 Å². The topological polar surface area (TPSA) is 34.9 Å². The molecule has 0 fully saturated rings. The van der Waals surface area contributed by atoms with Crippen LogP contribution < -0.4 is 5.56 Å². The molecule has 0 atom stereocenters. The normalized spacial score (nSPS) is 11.3. The summed E-state index contributed by atoms with van der Waals surface area (Å²) in [7, 11) is 1.72. The lowest BCUT2D eigenvalue weighted by Crippen LogP contribution is -2.20. The number of halogens is 1. The first kappa shape index (κ1) is 13.6. The van der Waals surface area contributed by atoms with Gasteiger partial charge in [0, 0.05) is 12.1 Å². The molecule has 3 rings (SSSR count). The van der Waals surface area contributed by atoms with E-state index in [4.69, 9.17) is 11.6 Å². The van der Waals surface area contributed by atoms with Gasteiger partial charge in [-0.05, 0) is 35.9 Å². The van der Waals surface area contributed by atoms with Crippen LogP contribution in [0.2, 0.25) is 5.02 Å². The Morgan fingerprint density at radius 2 is 1.76 bits per heavy atom. The SMILES string of the molecule is Cn1c(/C=C/c2ccccc2Cl)nc2ccccc2c1=O. The highest BCUT2D eigenvalue weighted by atomic mass is 35.5. The Hall–Kier alpha value is -2.39. The smallest absolute Gasteiger partial charge is 0.261 e. The Labute approximate surface area is 127 Å². The quantitative estimate of drug-likeness (QED) is 0.722. The maximum absolute atomic E-state index is 12.3. The molecule has 21 heavy (non-hydrogen) atoms. The zero-order chi connectivity index (χ0) is 14.8. The lowest BCUT2D eigenvalue weighted by Gasteiger charge is -2.05. The first-order chi connectivity index (χ1) is 10.2. The molecule has 1 heterocycles. The third kappa shape index (κ3) is 2.60. The Bertz CT molecular complexity index is 897. The van der Waals surface area contributed by atoms with Crippen molar-refractivity contribution in [2.24, 2.45) is 7.05 Å². The molecule has 0 spiro atoms. The fourth-order valence-electron chi connectivity index (χ4n) is 2.16. The predicted molar refractivity (Wildman–Crippen MR) is 87.4 cm³/mol. The number of rotatable bonds is 2. The van der Waals surface area contributed by atoms with E-state index >= 15 is 0 Å². The lowest BCUT2D eigenvalue weighted by molar-refractivity contribution is 0.828. The zero-order valence-electron chi connectivity index (χ0n) is 11.5. The van der Waals surface area contributed by atoms with Crippen molar-refractivity contribution in [2.75, 3.05) is 0 Å². The van der Waals surface area contributed by atoms with Crippen molar-refractivity contribution in [1.29, 1.82) is 0 Å². The van der Waals surface area contributed by atoms with Crippen LogP contribution in [0.1, 0.15) is 11.4 Å². The molecule has 0 saturated heterocycles. The largest absolute Gasteiger partial charge is 0.296 e. The Morgan fingerprint density at radius 3 is 2.57 bits per heavy atom. The second-order valence-corrected chi connectivity index (χ2v) is 5.11. The third-order valence-electron chi connectivity index (χ3n) is 3.33. The molecule has 4 heteroatoms. The van der Waals surface area contributed by atoms with E-state index in [-0.39, 0.29) is 5.56 Å². The summed E-state index contributed by atoms with van der Waals surface area (Å²) in [5.41, 5.74) is 1.53. The van der Waals surface area contributed by atoms with Crippen molar-refractivity contribution in [2.45, 2.75) is 0 Å². The van der Waals surface area contributed by atoms with Crippen LogP contribution in [0, 0.1) is 0 Å². The molecule has 0 radical (unpaired) electrons.